The second-order valence-electron chi connectivity index (χ2n) is 10.1. The first kappa shape index (κ1) is 33.9. The number of halogens is 1. The lowest BCUT2D eigenvalue weighted by atomic mass is 10.0. The number of hydrogen-bond donors (Lipinski definition) is 3. The Balaban J connectivity index is 2.01. The minimum atomic E-state index is -2.59. The van der Waals surface area contributed by atoms with Crippen LogP contribution in [-0.2, 0) is 14.1 Å². The molecule has 0 aliphatic heterocycles. The Labute approximate surface area is 258 Å². The SMILES string of the molecule is C=C(C(N)=O)c1cc(Nc2ncc(Cl)c(Nc3ccccc3P(C)(C)=O)n2)c(OC)cc1OC(COC)CN(CC)CC. The van der Waals surface area contributed by atoms with Gasteiger partial charge in [-0.25, -0.2) is 4.98 Å². The van der Waals surface area contributed by atoms with Gasteiger partial charge < -0.3 is 40.0 Å². The number of ether oxygens (including phenoxy) is 3. The molecule has 2 aromatic carbocycles. The Kier molecular flexibility index (Phi) is 12.0. The summed E-state index contributed by atoms with van der Waals surface area (Å²) in [6.45, 7) is 14.0. The summed E-state index contributed by atoms with van der Waals surface area (Å²) in [4.78, 5) is 23.3. The molecule has 0 aliphatic carbocycles. The third kappa shape index (κ3) is 8.93. The molecule has 0 spiro atoms. The van der Waals surface area contributed by atoms with Gasteiger partial charge in [-0.3, -0.25) is 4.79 Å². The maximum Gasteiger partial charge on any atom is 0.248 e. The van der Waals surface area contributed by atoms with Crippen molar-refractivity contribution in [2.75, 3.05) is 64.4 Å². The van der Waals surface area contributed by atoms with E-state index in [2.05, 4.69) is 45.9 Å². The fourth-order valence-corrected chi connectivity index (χ4v) is 5.66. The molecule has 1 aromatic heterocycles. The number of rotatable bonds is 16. The standard InChI is InChI=1S/C30H40ClN6O5P/c1-8-37(9-2)17-20(18-40-4)42-25-15-26(41-5)24(14-21(25)19(3)28(32)38)35-30-33-16-22(31)29(36-30)34-23-12-10-11-13-27(23)43(6,7)39/h10-16,20H,3,8-9,17-18H2,1-2,4-7H3,(H2,32,38)(H2,33,34,35,36). The number of benzene rings is 2. The molecule has 0 radical (unpaired) electrons. The van der Waals surface area contributed by atoms with Gasteiger partial charge in [0.1, 0.15) is 29.8 Å². The summed E-state index contributed by atoms with van der Waals surface area (Å²) in [5, 5.41) is 7.23. The predicted molar refractivity (Wildman–Crippen MR) is 174 cm³/mol. The molecule has 1 unspecified atom stereocenters. The number of primary amides is 1. The van der Waals surface area contributed by atoms with Crippen LogP contribution in [0.4, 0.5) is 23.1 Å². The van der Waals surface area contributed by atoms with Crippen molar-refractivity contribution in [3.63, 3.8) is 0 Å². The summed E-state index contributed by atoms with van der Waals surface area (Å²) < 4.78 is 30.3. The monoisotopic (exact) mass is 630 g/mol. The Morgan fingerprint density at radius 1 is 1.12 bits per heavy atom. The van der Waals surface area contributed by atoms with Crippen LogP contribution in [0.15, 0.2) is 49.2 Å². The number of nitrogens with two attached hydrogens (primary N) is 1. The highest BCUT2D eigenvalue weighted by Gasteiger charge is 2.22. The number of nitrogens with one attached hydrogen (secondary N) is 2. The van der Waals surface area contributed by atoms with Crippen molar-refractivity contribution in [2.45, 2.75) is 20.0 Å². The van der Waals surface area contributed by atoms with Gasteiger partial charge in [0.15, 0.2) is 5.82 Å². The van der Waals surface area contributed by atoms with Crippen LogP contribution in [0.25, 0.3) is 5.57 Å². The second-order valence-corrected chi connectivity index (χ2v) is 13.7. The van der Waals surface area contributed by atoms with Crippen LogP contribution < -0.4 is 31.1 Å². The van der Waals surface area contributed by atoms with Crippen LogP contribution in [0.2, 0.25) is 5.02 Å². The maximum absolute atomic E-state index is 12.8. The van der Waals surface area contributed by atoms with Crippen LogP contribution in [0.5, 0.6) is 11.5 Å². The molecule has 1 heterocycles. The van der Waals surface area contributed by atoms with Crippen LogP contribution >= 0.6 is 18.7 Å². The number of carbonyl (C=O) groups is 1. The van der Waals surface area contributed by atoms with E-state index in [4.69, 9.17) is 31.5 Å². The summed E-state index contributed by atoms with van der Waals surface area (Å²) in [5.41, 5.74) is 7.11. The highest BCUT2D eigenvalue weighted by atomic mass is 35.5. The van der Waals surface area contributed by atoms with Crippen LogP contribution in [0, 0.1) is 0 Å². The highest BCUT2D eigenvalue weighted by Crippen LogP contribution is 2.40. The number of nitrogens with zero attached hydrogens (tertiary/aromatic N) is 3. The van der Waals surface area contributed by atoms with Crippen molar-refractivity contribution in [1.82, 2.24) is 14.9 Å². The molecule has 0 saturated heterocycles. The van der Waals surface area contributed by atoms with Crippen LogP contribution in [-0.4, -0.2) is 80.7 Å². The molecular formula is C30H40ClN6O5P. The third-order valence-corrected chi connectivity index (χ3v) is 8.48. The third-order valence-electron chi connectivity index (χ3n) is 6.65. The molecule has 3 aromatic rings. The summed E-state index contributed by atoms with van der Waals surface area (Å²) >= 11 is 6.43. The average molecular weight is 631 g/mol. The fourth-order valence-electron chi connectivity index (χ4n) is 4.36. The van der Waals surface area contributed by atoms with Crippen molar-refractivity contribution >= 4 is 58.7 Å². The van der Waals surface area contributed by atoms with Crippen molar-refractivity contribution in [3.05, 3.63) is 59.8 Å². The quantitative estimate of drug-likeness (QED) is 0.144. The lowest BCUT2D eigenvalue weighted by Gasteiger charge is -2.27. The van der Waals surface area contributed by atoms with Gasteiger partial charge in [0, 0.05) is 36.2 Å². The Morgan fingerprint density at radius 2 is 1.81 bits per heavy atom. The molecule has 43 heavy (non-hydrogen) atoms. The van der Waals surface area contributed by atoms with E-state index >= 15 is 0 Å². The molecule has 0 bridgehead atoms. The van der Waals surface area contributed by atoms with E-state index in [9.17, 15) is 9.36 Å². The van der Waals surface area contributed by atoms with Crippen LogP contribution in [0.3, 0.4) is 0 Å². The van der Waals surface area contributed by atoms with Gasteiger partial charge in [0.25, 0.3) is 0 Å². The largest absolute Gasteiger partial charge is 0.494 e. The summed E-state index contributed by atoms with van der Waals surface area (Å²) in [7, 11) is 0.524. The first-order valence-electron chi connectivity index (χ1n) is 13.7. The van der Waals surface area contributed by atoms with Crippen molar-refractivity contribution in [2.24, 2.45) is 5.73 Å². The first-order chi connectivity index (χ1) is 20.4. The Bertz CT molecular complexity index is 1490. The van der Waals surface area contributed by atoms with E-state index in [1.54, 1.807) is 44.7 Å². The molecule has 1 atom stereocenters. The number of likely N-dealkylation sites (N-methyl/N-ethyl adjacent to an activating group) is 1. The first-order valence-corrected chi connectivity index (χ1v) is 16.7. The molecule has 11 nitrogen and oxygen atoms in total. The number of carbonyl (C=O) groups excluding carboxylic acids is 1. The fraction of sp³-hybridized carbons (Fsp3) is 0.367. The zero-order valence-corrected chi connectivity index (χ0v) is 27.1. The van der Waals surface area contributed by atoms with Gasteiger partial charge in [0.2, 0.25) is 11.9 Å². The molecule has 0 aliphatic rings. The maximum atomic E-state index is 12.8. The van der Waals surface area contributed by atoms with Crippen molar-refractivity contribution in [1.29, 1.82) is 0 Å². The van der Waals surface area contributed by atoms with Crippen molar-refractivity contribution < 1.29 is 23.6 Å². The number of para-hydroxylation sites is 1. The van der Waals surface area contributed by atoms with E-state index in [1.165, 1.54) is 13.3 Å². The van der Waals surface area contributed by atoms with Gasteiger partial charge >= 0.3 is 0 Å². The smallest absolute Gasteiger partial charge is 0.248 e. The Hall–Kier alpha value is -3.63. The number of aromatic nitrogens is 2. The molecule has 4 N–H and O–H groups in total. The lowest BCUT2D eigenvalue weighted by Crippen LogP contribution is -2.38. The molecule has 3 rings (SSSR count). The van der Waals surface area contributed by atoms with Crippen LogP contribution in [0.1, 0.15) is 19.4 Å². The molecule has 0 saturated carbocycles. The van der Waals surface area contributed by atoms with E-state index < -0.39 is 13.0 Å². The minimum absolute atomic E-state index is 0.0549. The van der Waals surface area contributed by atoms with E-state index in [-0.39, 0.29) is 22.6 Å². The average Bonchev–Trinajstić information content (AvgIpc) is 2.97. The molecule has 232 valence electrons. The molecular weight excluding hydrogens is 591 g/mol. The van der Waals surface area contributed by atoms with Gasteiger partial charge in [-0.15, -0.1) is 0 Å². The van der Waals surface area contributed by atoms with Gasteiger partial charge in [-0.1, -0.05) is 44.2 Å². The number of amides is 1. The summed E-state index contributed by atoms with van der Waals surface area (Å²) in [5.74, 6) is 0.540. The Morgan fingerprint density at radius 3 is 2.42 bits per heavy atom. The number of anilines is 4. The molecule has 1 amide bonds. The summed E-state index contributed by atoms with van der Waals surface area (Å²) in [6, 6.07) is 10.6. The van der Waals surface area contributed by atoms with E-state index in [0.29, 0.717) is 52.7 Å². The normalized spacial score (nSPS) is 12.1. The predicted octanol–water partition coefficient (Wildman–Crippen LogP) is 5.11. The highest BCUT2D eigenvalue weighted by molar-refractivity contribution is 7.70. The second kappa shape index (κ2) is 15.2. The van der Waals surface area contributed by atoms with E-state index in [0.717, 1.165) is 13.1 Å². The van der Waals surface area contributed by atoms with Gasteiger partial charge in [-0.05, 0) is 44.6 Å². The van der Waals surface area contributed by atoms with Gasteiger partial charge in [-0.2, -0.15) is 4.98 Å². The van der Waals surface area contributed by atoms with Gasteiger partial charge in [0.05, 0.1) is 31.3 Å². The van der Waals surface area contributed by atoms with Crippen molar-refractivity contribution in [3.8, 4) is 11.5 Å². The summed E-state index contributed by atoms with van der Waals surface area (Å²) in [6.07, 6.45) is 1.10. The zero-order chi connectivity index (χ0) is 31.7. The number of hydrogen-bond acceptors (Lipinski definition) is 10. The minimum Gasteiger partial charge on any atom is -0.494 e. The lowest BCUT2D eigenvalue weighted by molar-refractivity contribution is -0.112. The zero-order valence-electron chi connectivity index (χ0n) is 25.4. The number of methoxy groups -OCH3 is 2. The topological polar surface area (TPSA) is 141 Å². The molecule has 13 heteroatoms. The van der Waals surface area contributed by atoms with E-state index in [1.807, 2.05) is 12.1 Å². The molecule has 0 fully saturated rings.